The number of hydrogen-bond donors (Lipinski definition) is 0. The molecule has 0 bridgehead atoms. The van der Waals surface area contributed by atoms with Crippen LogP contribution in [0.3, 0.4) is 0 Å². The standard InChI is InChI=1S/C13H23NOSi/c1-12(2,3)16(4,5)15-11-6-10-7-13(10,8-11)9-14/h10-11H,6-8H2,1-5H3/t10-,11-,13+/m0/s1. The Bertz CT molecular complexity index is 339. The molecule has 3 heteroatoms. The fourth-order valence-electron chi connectivity index (χ4n) is 2.61. The van der Waals surface area contributed by atoms with E-state index in [1.54, 1.807) is 0 Å². The topological polar surface area (TPSA) is 33.0 Å². The molecule has 0 N–H and O–H groups in total. The molecule has 0 unspecified atom stereocenters. The van der Waals surface area contributed by atoms with Crippen molar-refractivity contribution in [3.63, 3.8) is 0 Å². The molecule has 2 saturated carbocycles. The molecule has 90 valence electrons. The molecule has 0 amide bonds. The van der Waals surface area contributed by atoms with Gasteiger partial charge >= 0.3 is 0 Å². The van der Waals surface area contributed by atoms with Gasteiger partial charge in [0.1, 0.15) is 0 Å². The van der Waals surface area contributed by atoms with Gasteiger partial charge in [-0.25, -0.2) is 0 Å². The SMILES string of the molecule is CC(C)(C)[Si](C)(C)O[C@H]1C[C@H]2C[C@]2(C#N)C1. The van der Waals surface area contributed by atoms with E-state index in [1.807, 2.05) is 0 Å². The molecule has 0 aromatic heterocycles. The molecule has 2 aliphatic rings. The summed E-state index contributed by atoms with van der Waals surface area (Å²) in [5, 5.41) is 9.43. The highest BCUT2D eigenvalue weighted by molar-refractivity contribution is 6.74. The first-order chi connectivity index (χ1) is 7.20. The highest BCUT2D eigenvalue weighted by Crippen LogP contribution is 2.64. The highest BCUT2D eigenvalue weighted by atomic mass is 28.4. The first-order valence-electron chi connectivity index (χ1n) is 6.29. The van der Waals surface area contributed by atoms with E-state index in [0.29, 0.717) is 12.0 Å². The van der Waals surface area contributed by atoms with Crippen LogP contribution in [0.2, 0.25) is 18.1 Å². The van der Waals surface area contributed by atoms with E-state index in [-0.39, 0.29) is 10.5 Å². The van der Waals surface area contributed by atoms with Gasteiger partial charge in [-0.3, -0.25) is 0 Å². The summed E-state index contributed by atoms with van der Waals surface area (Å²) >= 11 is 0. The maximum atomic E-state index is 9.15. The summed E-state index contributed by atoms with van der Waals surface area (Å²) in [5.41, 5.74) is 0.0209. The Morgan fingerprint density at radius 1 is 1.31 bits per heavy atom. The first-order valence-corrected chi connectivity index (χ1v) is 9.20. The van der Waals surface area contributed by atoms with Crippen LogP contribution in [-0.2, 0) is 4.43 Å². The minimum atomic E-state index is -1.63. The van der Waals surface area contributed by atoms with Crippen LogP contribution in [-0.4, -0.2) is 14.4 Å². The number of nitrogens with zero attached hydrogens (tertiary/aromatic N) is 1. The van der Waals surface area contributed by atoms with Gasteiger partial charge < -0.3 is 4.43 Å². The smallest absolute Gasteiger partial charge is 0.192 e. The Hall–Kier alpha value is -0.333. The molecule has 2 rings (SSSR count). The van der Waals surface area contributed by atoms with Gasteiger partial charge in [0, 0.05) is 6.10 Å². The van der Waals surface area contributed by atoms with Crippen molar-refractivity contribution < 1.29 is 4.43 Å². The summed E-state index contributed by atoms with van der Waals surface area (Å²) in [6.07, 6.45) is 3.60. The molecular formula is C13H23NOSi. The number of fused-ring (bicyclic) bond motifs is 1. The fraction of sp³-hybridized carbons (Fsp3) is 0.923. The lowest BCUT2D eigenvalue weighted by Crippen LogP contribution is -2.43. The summed E-state index contributed by atoms with van der Waals surface area (Å²) in [7, 11) is -1.63. The van der Waals surface area contributed by atoms with Crippen LogP contribution in [0.25, 0.3) is 0 Å². The molecule has 16 heavy (non-hydrogen) atoms. The molecule has 0 aromatic carbocycles. The number of rotatable bonds is 2. The van der Waals surface area contributed by atoms with Crippen LogP contribution in [0.5, 0.6) is 0 Å². The van der Waals surface area contributed by atoms with Crippen molar-refractivity contribution >= 4 is 8.32 Å². The van der Waals surface area contributed by atoms with Gasteiger partial charge in [-0.05, 0) is 43.3 Å². The van der Waals surface area contributed by atoms with E-state index in [9.17, 15) is 0 Å². The highest BCUT2D eigenvalue weighted by Gasteiger charge is 2.62. The Labute approximate surface area is 100 Å². The Morgan fingerprint density at radius 2 is 1.94 bits per heavy atom. The lowest BCUT2D eigenvalue weighted by Gasteiger charge is -2.38. The minimum Gasteiger partial charge on any atom is -0.414 e. The molecule has 2 fully saturated rings. The third-order valence-electron chi connectivity index (χ3n) is 4.86. The van der Waals surface area contributed by atoms with Crippen LogP contribution >= 0.6 is 0 Å². The van der Waals surface area contributed by atoms with Gasteiger partial charge in [-0.15, -0.1) is 0 Å². The lowest BCUT2D eigenvalue weighted by atomic mass is 10.1. The first kappa shape index (κ1) is 12.1. The van der Waals surface area contributed by atoms with E-state index in [0.717, 1.165) is 19.3 Å². The van der Waals surface area contributed by atoms with Crippen LogP contribution in [0.4, 0.5) is 0 Å². The van der Waals surface area contributed by atoms with E-state index in [1.165, 1.54) is 0 Å². The van der Waals surface area contributed by atoms with Gasteiger partial charge in [0.25, 0.3) is 0 Å². The molecule has 0 saturated heterocycles. The third-order valence-corrected chi connectivity index (χ3v) is 9.40. The molecule has 0 heterocycles. The normalized spacial score (nSPS) is 38.0. The second kappa shape index (κ2) is 3.33. The van der Waals surface area contributed by atoms with Crippen molar-refractivity contribution in [1.82, 2.24) is 0 Å². The van der Waals surface area contributed by atoms with E-state index in [4.69, 9.17) is 9.69 Å². The maximum Gasteiger partial charge on any atom is 0.192 e. The summed E-state index contributed by atoms with van der Waals surface area (Å²) in [5.74, 6) is 0.646. The van der Waals surface area contributed by atoms with E-state index in [2.05, 4.69) is 39.9 Å². The fourth-order valence-corrected chi connectivity index (χ4v) is 3.98. The largest absolute Gasteiger partial charge is 0.414 e. The molecule has 0 aromatic rings. The third kappa shape index (κ3) is 1.82. The van der Waals surface area contributed by atoms with Crippen molar-refractivity contribution in [2.75, 3.05) is 0 Å². The zero-order chi connectivity index (χ0) is 12.2. The Balaban J connectivity index is 1.97. The average molecular weight is 237 g/mol. The van der Waals surface area contributed by atoms with E-state index >= 15 is 0 Å². The van der Waals surface area contributed by atoms with Crippen LogP contribution in [0.15, 0.2) is 0 Å². The number of nitriles is 1. The van der Waals surface area contributed by atoms with Crippen molar-refractivity contribution in [3.05, 3.63) is 0 Å². The van der Waals surface area contributed by atoms with Gasteiger partial charge in [0.05, 0.1) is 11.5 Å². The van der Waals surface area contributed by atoms with E-state index < -0.39 is 8.32 Å². The predicted octanol–water partition coefficient (Wildman–Crippen LogP) is 3.70. The monoisotopic (exact) mass is 237 g/mol. The zero-order valence-corrected chi connectivity index (χ0v) is 12.1. The van der Waals surface area contributed by atoms with Crippen LogP contribution in [0.1, 0.15) is 40.0 Å². The second-order valence-electron chi connectivity index (χ2n) is 7.11. The van der Waals surface area contributed by atoms with Gasteiger partial charge in [-0.1, -0.05) is 20.8 Å². The maximum absolute atomic E-state index is 9.15. The van der Waals surface area contributed by atoms with Crippen molar-refractivity contribution in [2.45, 2.75) is 64.3 Å². The molecular weight excluding hydrogens is 214 g/mol. The lowest BCUT2D eigenvalue weighted by molar-refractivity contribution is 0.170. The Morgan fingerprint density at radius 3 is 2.38 bits per heavy atom. The van der Waals surface area contributed by atoms with Crippen molar-refractivity contribution in [2.24, 2.45) is 11.3 Å². The molecule has 0 spiro atoms. The Kier molecular flexibility index (Phi) is 2.53. The van der Waals surface area contributed by atoms with Gasteiger partial charge in [-0.2, -0.15) is 5.26 Å². The van der Waals surface area contributed by atoms with Crippen molar-refractivity contribution in [1.29, 1.82) is 5.26 Å². The zero-order valence-electron chi connectivity index (χ0n) is 11.1. The van der Waals surface area contributed by atoms with Gasteiger partial charge in [0.2, 0.25) is 0 Å². The summed E-state index contributed by atoms with van der Waals surface area (Å²) in [6, 6.07) is 2.50. The summed E-state index contributed by atoms with van der Waals surface area (Å²) in [6.45, 7) is 11.4. The van der Waals surface area contributed by atoms with Crippen LogP contribution < -0.4 is 0 Å². The van der Waals surface area contributed by atoms with Gasteiger partial charge in [0.15, 0.2) is 8.32 Å². The predicted molar refractivity (Wildman–Crippen MR) is 67.5 cm³/mol. The summed E-state index contributed by atoms with van der Waals surface area (Å²) in [4.78, 5) is 0. The van der Waals surface area contributed by atoms with Crippen molar-refractivity contribution in [3.8, 4) is 6.07 Å². The van der Waals surface area contributed by atoms with Crippen LogP contribution in [0, 0.1) is 22.7 Å². The summed E-state index contributed by atoms with van der Waals surface area (Å²) < 4.78 is 6.38. The average Bonchev–Trinajstić information content (AvgIpc) is 2.67. The molecule has 3 atom stereocenters. The molecule has 0 radical (unpaired) electrons. The molecule has 2 nitrogen and oxygen atoms in total. The molecule has 2 aliphatic carbocycles. The minimum absolute atomic E-state index is 0.0209. The quantitative estimate of drug-likeness (QED) is 0.686. The number of hydrogen-bond acceptors (Lipinski definition) is 2. The molecule has 0 aliphatic heterocycles. The second-order valence-corrected chi connectivity index (χ2v) is 11.9.